The van der Waals surface area contributed by atoms with Gasteiger partial charge in [0.25, 0.3) is 0 Å². The molecule has 0 saturated carbocycles. The van der Waals surface area contributed by atoms with Crippen molar-refractivity contribution in [1.82, 2.24) is 0 Å². The first-order chi connectivity index (χ1) is 18.1. The number of ether oxygens (including phenoxy) is 2. The molecule has 13 heteroatoms. The quantitative estimate of drug-likeness (QED) is 0.187. The number of halogens is 6. The Bertz CT molecular complexity index is 1490. The van der Waals surface area contributed by atoms with Gasteiger partial charge in [-0.05, 0) is 84.9 Å². The number of anilines is 2. The molecule has 0 radical (unpaired) electrons. The molecule has 6 nitrogen and oxygen atoms in total. The molecule has 0 amide bonds. The van der Waals surface area contributed by atoms with Crippen LogP contribution in [0.25, 0.3) is 0 Å². The first kappa shape index (κ1) is 27.6. The van der Waals surface area contributed by atoms with Crippen LogP contribution in [0, 0.1) is 0 Å². The van der Waals surface area contributed by atoms with E-state index in [2.05, 4.69) is 0 Å². The molecule has 0 bridgehead atoms. The first-order valence-electron chi connectivity index (χ1n) is 10.9. The Hall–Kier alpha value is -4.39. The lowest BCUT2D eigenvalue weighted by Gasteiger charge is -2.13. The Labute approximate surface area is 218 Å². The van der Waals surface area contributed by atoms with E-state index in [1.807, 2.05) is 0 Å². The Kier molecular flexibility index (Phi) is 7.13. The third-order valence-corrected chi connectivity index (χ3v) is 7.19. The van der Waals surface area contributed by atoms with E-state index in [1.54, 1.807) is 0 Å². The highest BCUT2D eigenvalue weighted by molar-refractivity contribution is 7.91. The first-order valence-corrected chi connectivity index (χ1v) is 12.4. The highest BCUT2D eigenvalue weighted by Crippen LogP contribution is 2.38. The zero-order valence-corrected chi connectivity index (χ0v) is 20.4. The van der Waals surface area contributed by atoms with E-state index in [0.717, 1.165) is 24.3 Å². The molecule has 0 spiro atoms. The highest BCUT2D eigenvalue weighted by Gasteiger charge is 2.34. The van der Waals surface area contributed by atoms with Crippen LogP contribution in [-0.2, 0) is 22.2 Å². The van der Waals surface area contributed by atoms with E-state index in [-0.39, 0.29) is 32.8 Å². The minimum atomic E-state index is -4.68. The van der Waals surface area contributed by atoms with E-state index >= 15 is 0 Å². The second kappa shape index (κ2) is 10.1. The van der Waals surface area contributed by atoms with Gasteiger partial charge in [0.1, 0.15) is 23.0 Å². The van der Waals surface area contributed by atoms with Crippen molar-refractivity contribution in [3.8, 4) is 23.0 Å². The summed E-state index contributed by atoms with van der Waals surface area (Å²) in [6.07, 6.45) is -9.35. The molecular weight excluding hydrogens is 550 g/mol. The van der Waals surface area contributed by atoms with Gasteiger partial charge in [-0.1, -0.05) is 0 Å². The van der Waals surface area contributed by atoms with Gasteiger partial charge in [0.2, 0.25) is 9.84 Å². The van der Waals surface area contributed by atoms with E-state index in [0.29, 0.717) is 0 Å². The van der Waals surface area contributed by atoms with Crippen molar-refractivity contribution >= 4 is 21.2 Å². The number of sulfone groups is 1. The summed E-state index contributed by atoms with van der Waals surface area (Å²) in [5, 5.41) is 0. The second-order valence-electron chi connectivity index (χ2n) is 8.14. The topological polar surface area (TPSA) is 105 Å². The van der Waals surface area contributed by atoms with Crippen molar-refractivity contribution < 1.29 is 44.2 Å². The Morgan fingerprint density at radius 3 is 1.13 bits per heavy atom. The molecule has 0 atom stereocenters. The van der Waals surface area contributed by atoms with Crippen LogP contribution < -0.4 is 20.9 Å². The minimum absolute atomic E-state index is 0.0808. The number of nitrogens with two attached hydrogens (primary N) is 2. The van der Waals surface area contributed by atoms with Gasteiger partial charge in [0.05, 0.1) is 20.9 Å². The van der Waals surface area contributed by atoms with Crippen molar-refractivity contribution in [1.29, 1.82) is 0 Å². The number of hydrogen-bond acceptors (Lipinski definition) is 6. The molecule has 0 aliphatic rings. The molecule has 0 aliphatic heterocycles. The van der Waals surface area contributed by atoms with Gasteiger partial charge in [-0.25, -0.2) is 8.42 Å². The normalized spacial score (nSPS) is 12.3. The molecule has 204 valence electrons. The lowest BCUT2D eigenvalue weighted by atomic mass is 10.1. The van der Waals surface area contributed by atoms with Gasteiger partial charge in [-0.3, -0.25) is 0 Å². The smallest absolute Gasteiger partial charge is 0.418 e. The van der Waals surface area contributed by atoms with Crippen molar-refractivity contribution in [2.75, 3.05) is 11.5 Å². The molecule has 39 heavy (non-hydrogen) atoms. The number of nitrogen functional groups attached to an aromatic ring is 2. The van der Waals surface area contributed by atoms with Crippen molar-refractivity contribution in [3.63, 3.8) is 0 Å². The van der Waals surface area contributed by atoms with E-state index < -0.39 is 44.7 Å². The molecule has 4 rings (SSSR count). The molecule has 0 aromatic heterocycles. The molecule has 4 aromatic carbocycles. The van der Waals surface area contributed by atoms with Crippen LogP contribution in [0.2, 0.25) is 0 Å². The standard InChI is InChI=1S/C26H18F6N2O4S/c27-25(28,29)21-13-17(5-11-23(21)33)37-15-1-7-19(8-2-15)39(35,36)20-9-3-16(4-10-20)38-18-6-12-24(34)22(14-18)26(30,31)32/h1-14H,33-34H2. The van der Waals surface area contributed by atoms with Crippen LogP contribution in [0.1, 0.15) is 11.1 Å². The predicted molar refractivity (Wildman–Crippen MR) is 130 cm³/mol. The maximum Gasteiger partial charge on any atom is 0.418 e. The fraction of sp³-hybridized carbons (Fsp3) is 0.0769. The zero-order valence-electron chi connectivity index (χ0n) is 19.5. The van der Waals surface area contributed by atoms with Crippen LogP contribution >= 0.6 is 0 Å². The largest absolute Gasteiger partial charge is 0.457 e. The summed E-state index contributed by atoms with van der Waals surface area (Å²) in [7, 11) is -4.02. The summed E-state index contributed by atoms with van der Waals surface area (Å²) in [6, 6.07) is 16.0. The number of benzene rings is 4. The van der Waals surface area contributed by atoms with Gasteiger partial charge in [-0.15, -0.1) is 0 Å². The van der Waals surface area contributed by atoms with E-state index in [1.165, 1.54) is 60.7 Å². The summed E-state index contributed by atoms with van der Waals surface area (Å²) in [6.45, 7) is 0. The fourth-order valence-electron chi connectivity index (χ4n) is 3.47. The van der Waals surface area contributed by atoms with Gasteiger partial charge in [-0.2, -0.15) is 26.3 Å². The highest BCUT2D eigenvalue weighted by atomic mass is 32.2. The van der Waals surface area contributed by atoms with Crippen molar-refractivity contribution in [2.24, 2.45) is 0 Å². The number of hydrogen-bond donors (Lipinski definition) is 2. The van der Waals surface area contributed by atoms with Crippen molar-refractivity contribution in [2.45, 2.75) is 22.1 Å². The van der Waals surface area contributed by atoms with Crippen LogP contribution in [0.5, 0.6) is 23.0 Å². The SMILES string of the molecule is Nc1ccc(Oc2ccc(S(=O)(=O)c3ccc(Oc4ccc(N)c(C(F)(F)F)c4)cc3)cc2)cc1C(F)(F)F. The van der Waals surface area contributed by atoms with Gasteiger partial charge in [0, 0.05) is 11.4 Å². The molecule has 0 saturated heterocycles. The van der Waals surface area contributed by atoms with E-state index in [4.69, 9.17) is 20.9 Å². The monoisotopic (exact) mass is 568 g/mol. The maximum absolute atomic E-state index is 13.1. The Balaban J connectivity index is 1.49. The fourth-order valence-corrected chi connectivity index (χ4v) is 4.73. The minimum Gasteiger partial charge on any atom is -0.457 e. The van der Waals surface area contributed by atoms with Crippen LogP contribution in [0.3, 0.4) is 0 Å². The summed E-state index contributed by atoms with van der Waals surface area (Å²) in [5.41, 5.74) is 7.68. The lowest BCUT2D eigenvalue weighted by molar-refractivity contribution is -0.137. The van der Waals surface area contributed by atoms with Gasteiger partial charge < -0.3 is 20.9 Å². The molecule has 4 N–H and O–H groups in total. The Morgan fingerprint density at radius 1 is 0.513 bits per heavy atom. The third kappa shape index (κ3) is 6.20. The van der Waals surface area contributed by atoms with Crippen LogP contribution in [0.15, 0.2) is 94.7 Å². The van der Waals surface area contributed by atoms with Crippen molar-refractivity contribution in [3.05, 3.63) is 96.1 Å². The van der Waals surface area contributed by atoms with E-state index in [9.17, 15) is 34.8 Å². The number of rotatable bonds is 6. The molecule has 0 unspecified atom stereocenters. The Morgan fingerprint density at radius 2 is 0.821 bits per heavy atom. The molecule has 0 aliphatic carbocycles. The molecule has 4 aromatic rings. The lowest BCUT2D eigenvalue weighted by Crippen LogP contribution is -2.08. The van der Waals surface area contributed by atoms with Gasteiger partial charge in [0.15, 0.2) is 0 Å². The molecular formula is C26H18F6N2O4S. The average molecular weight is 568 g/mol. The molecule has 0 heterocycles. The van der Waals surface area contributed by atoms with Crippen LogP contribution in [-0.4, -0.2) is 8.42 Å². The maximum atomic E-state index is 13.1. The predicted octanol–water partition coefficient (Wildman–Crippen LogP) is 7.31. The van der Waals surface area contributed by atoms with Crippen LogP contribution in [0.4, 0.5) is 37.7 Å². The summed E-state index contributed by atoms with van der Waals surface area (Å²) in [4.78, 5) is -0.268. The summed E-state index contributed by atoms with van der Waals surface area (Å²) < 4.78 is 115. The third-order valence-electron chi connectivity index (χ3n) is 5.40. The zero-order chi connectivity index (χ0) is 28.6. The summed E-state index contributed by atoms with van der Waals surface area (Å²) in [5.74, 6) is -0.132. The van der Waals surface area contributed by atoms with Gasteiger partial charge >= 0.3 is 12.4 Å². The summed E-state index contributed by atoms with van der Waals surface area (Å²) >= 11 is 0. The second-order valence-corrected chi connectivity index (χ2v) is 10.1. The number of alkyl halides is 6. The average Bonchev–Trinajstić information content (AvgIpc) is 2.86. The molecule has 0 fully saturated rings.